The van der Waals surface area contributed by atoms with Gasteiger partial charge in [0.25, 0.3) is 0 Å². The van der Waals surface area contributed by atoms with E-state index in [0.29, 0.717) is 10.3 Å². The summed E-state index contributed by atoms with van der Waals surface area (Å²) in [6, 6.07) is 1.30. The van der Waals surface area contributed by atoms with E-state index in [1.165, 1.54) is 17.4 Å². The molecule has 0 spiro atoms. The van der Waals surface area contributed by atoms with Gasteiger partial charge in [-0.05, 0) is 19.9 Å². The minimum atomic E-state index is -0.890. The Morgan fingerprint density at radius 3 is 2.63 bits per heavy atom. The zero-order chi connectivity index (χ0) is 19.7. The van der Waals surface area contributed by atoms with Gasteiger partial charge in [-0.1, -0.05) is 11.6 Å². The summed E-state index contributed by atoms with van der Waals surface area (Å²) >= 11 is 7.16. The monoisotopic (exact) mass is 411 g/mol. The number of carbonyl (C=O) groups excluding carboxylic acids is 2. The Bertz CT molecular complexity index is 1120. The van der Waals surface area contributed by atoms with Crippen molar-refractivity contribution in [2.24, 2.45) is 0 Å². The lowest BCUT2D eigenvalue weighted by Crippen LogP contribution is -2.22. The lowest BCUT2D eigenvalue weighted by molar-refractivity contribution is -0.142. The van der Waals surface area contributed by atoms with E-state index in [1.807, 2.05) is 0 Å². The maximum atomic E-state index is 14.7. The highest BCUT2D eigenvalue weighted by atomic mass is 35.5. The van der Waals surface area contributed by atoms with E-state index in [0.717, 1.165) is 0 Å². The SMILES string of the molecule is CCOC(=O)Cc1c(F)c(Cl)cc2c1c(=O)c(C(=O)OCC)c1sccn12. The van der Waals surface area contributed by atoms with Crippen molar-refractivity contribution >= 4 is 50.6 Å². The van der Waals surface area contributed by atoms with Crippen molar-refractivity contribution in [2.75, 3.05) is 13.2 Å². The molecule has 0 aliphatic rings. The van der Waals surface area contributed by atoms with Crippen molar-refractivity contribution in [3.8, 4) is 0 Å². The molecule has 27 heavy (non-hydrogen) atoms. The Morgan fingerprint density at radius 2 is 1.96 bits per heavy atom. The number of halogens is 2. The minimum Gasteiger partial charge on any atom is -0.466 e. The van der Waals surface area contributed by atoms with E-state index in [4.69, 9.17) is 21.1 Å². The smallest absolute Gasteiger partial charge is 0.345 e. The molecule has 0 radical (unpaired) electrons. The van der Waals surface area contributed by atoms with Crippen LogP contribution in [-0.2, 0) is 20.7 Å². The zero-order valence-corrected chi connectivity index (χ0v) is 16.1. The van der Waals surface area contributed by atoms with Crippen molar-refractivity contribution in [2.45, 2.75) is 20.3 Å². The number of benzene rings is 1. The number of hydrogen-bond donors (Lipinski definition) is 0. The summed E-state index contributed by atoms with van der Waals surface area (Å²) in [4.78, 5) is 37.8. The van der Waals surface area contributed by atoms with Crippen LogP contribution in [0.1, 0.15) is 29.8 Å². The van der Waals surface area contributed by atoms with Crippen LogP contribution in [0.3, 0.4) is 0 Å². The largest absolute Gasteiger partial charge is 0.466 e. The van der Waals surface area contributed by atoms with Crippen LogP contribution in [0.25, 0.3) is 15.7 Å². The van der Waals surface area contributed by atoms with Crippen LogP contribution in [0, 0.1) is 5.82 Å². The van der Waals surface area contributed by atoms with E-state index < -0.39 is 29.6 Å². The predicted molar refractivity (Wildman–Crippen MR) is 100 cm³/mol. The fourth-order valence-corrected chi connectivity index (χ4v) is 3.98. The van der Waals surface area contributed by atoms with Crippen molar-refractivity contribution in [1.82, 2.24) is 4.40 Å². The Kier molecular flexibility index (Phi) is 5.48. The number of ether oxygens (including phenoxy) is 2. The van der Waals surface area contributed by atoms with Crippen molar-refractivity contribution in [1.29, 1.82) is 0 Å². The Balaban J connectivity index is 2.43. The number of carbonyl (C=O) groups is 2. The van der Waals surface area contributed by atoms with Crippen LogP contribution in [0.4, 0.5) is 4.39 Å². The molecular weight excluding hydrogens is 397 g/mol. The predicted octanol–water partition coefficient (Wildman–Crippen LogP) is 3.59. The highest BCUT2D eigenvalue weighted by molar-refractivity contribution is 7.16. The lowest BCUT2D eigenvalue weighted by Gasteiger charge is -2.13. The number of nitrogens with zero attached hydrogens (tertiary/aromatic N) is 1. The highest BCUT2D eigenvalue weighted by Gasteiger charge is 2.26. The van der Waals surface area contributed by atoms with Crippen molar-refractivity contribution < 1.29 is 23.5 Å². The van der Waals surface area contributed by atoms with Crippen molar-refractivity contribution in [3.63, 3.8) is 0 Å². The van der Waals surface area contributed by atoms with Crippen LogP contribution in [0.2, 0.25) is 5.02 Å². The van der Waals surface area contributed by atoms with E-state index in [1.54, 1.807) is 29.8 Å². The summed E-state index contributed by atoms with van der Waals surface area (Å²) in [7, 11) is 0. The molecule has 0 atom stereocenters. The lowest BCUT2D eigenvalue weighted by atomic mass is 10.0. The molecule has 2 aromatic heterocycles. The number of pyridine rings is 1. The first-order chi connectivity index (χ1) is 12.9. The summed E-state index contributed by atoms with van der Waals surface area (Å²) < 4.78 is 26.1. The molecule has 2 heterocycles. The molecule has 9 heteroatoms. The van der Waals surface area contributed by atoms with Crippen molar-refractivity contribution in [3.05, 3.63) is 49.8 Å². The molecule has 0 N–H and O–H groups in total. The van der Waals surface area contributed by atoms with Gasteiger partial charge in [-0.25, -0.2) is 9.18 Å². The molecule has 0 saturated heterocycles. The van der Waals surface area contributed by atoms with Gasteiger partial charge in [0.05, 0.1) is 35.6 Å². The van der Waals surface area contributed by atoms with Crippen LogP contribution in [0.15, 0.2) is 22.4 Å². The number of aromatic nitrogens is 1. The zero-order valence-electron chi connectivity index (χ0n) is 14.5. The summed E-state index contributed by atoms with van der Waals surface area (Å²) in [6.45, 7) is 3.43. The van der Waals surface area contributed by atoms with E-state index in [9.17, 15) is 18.8 Å². The Labute approximate surface area is 162 Å². The summed E-state index contributed by atoms with van der Waals surface area (Å²) in [5, 5.41) is 1.35. The van der Waals surface area contributed by atoms with E-state index in [2.05, 4.69) is 0 Å². The van der Waals surface area contributed by atoms with Crippen LogP contribution >= 0.6 is 22.9 Å². The van der Waals surface area contributed by atoms with Gasteiger partial charge in [0.15, 0.2) is 0 Å². The standard InChI is InChI=1S/C18H15ClFNO5S/c1-3-25-12(22)7-9-13-11(8-10(19)15(9)20)21-5-6-27-17(21)14(16(13)23)18(24)26-4-2/h5-6,8H,3-4,7H2,1-2H3. The summed E-state index contributed by atoms with van der Waals surface area (Å²) in [5.74, 6) is -2.39. The molecule has 0 unspecified atom stereocenters. The quantitative estimate of drug-likeness (QED) is 0.600. The second kappa shape index (κ2) is 7.66. The third kappa shape index (κ3) is 3.30. The molecule has 142 valence electrons. The maximum absolute atomic E-state index is 14.7. The highest BCUT2D eigenvalue weighted by Crippen LogP contribution is 2.30. The molecule has 3 rings (SSSR count). The van der Waals surface area contributed by atoms with Gasteiger partial charge in [-0.2, -0.15) is 0 Å². The average Bonchev–Trinajstić information content (AvgIpc) is 3.08. The van der Waals surface area contributed by atoms with Gasteiger partial charge >= 0.3 is 11.9 Å². The van der Waals surface area contributed by atoms with Crippen LogP contribution in [0.5, 0.6) is 0 Å². The number of hydrogen-bond acceptors (Lipinski definition) is 6. The van der Waals surface area contributed by atoms with Gasteiger partial charge in [-0.15, -0.1) is 11.3 Å². The molecule has 0 aliphatic carbocycles. The first-order valence-corrected chi connectivity index (χ1v) is 9.41. The molecular formula is C18H15ClFNO5S. The fraction of sp³-hybridized carbons (Fsp3) is 0.278. The van der Waals surface area contributed by atoms with Crippen LogP contribution < -0.4 is 5.43 Å². The average molecular weight is 412 g/mol. The van der Waals surface area contributed by atoms with Gasteiger partial charge in [-0.3, -0.25) is 9.59 Å². The fourth-order valence-electron chi connectivity index (χ4n) is 2.88. The van der Waals surface area contributed by atoms with Gasteiger partial charge in [0, 0.05) is 17.1 Å². The first kappa shape index (κ1) is 19.3. The maximum Gasteiger partial charge on any atom is 0.345 e. The molecule has 6 nitrogen and oxygen atoms in total. The number of rotatable bonds is 5. The second-order valence-corrected chi connectivity index (χ2v) is 6.83. The molecule has 0 fully saturated rings. The number of esters is 2. The molecule has 3 aromatic rings. The van der Waals surface area contributed by atoms with E-state index >= 15 is 0 Å². The molecule has 0 saturated carbocycles. The van der Waals surface area contributed by atoms with E-state index in [-0.39, 0.29) is 34.7 Å². The Hall–Kier alpha value is -2.45. The normalized spacial score (nSPS) is 11.1. The topological polar surface area (TPSA) is 74.1 Å². The summed E-state index contributed by atoms with van der Waals surface area (Å²) in [6.07, 6.45) is 1.15. The third-order valence-electron chi connectivity index (χ3n) is 3.94. The Morgan fingerprint density at radius 1 is 1.26 bits per heavy atom. The third-order valence-corrected chi connectivity index (χ3v) is 5.09. The second-order valence-electron chi connectivity index (χ2n) is 5.53. The molecule has 0 bridgehead atoms. The van der Waals surface area contributed by atoms with Gasteiger partial charge in [0.1, 0.15) is 16.2 Å². The summed E-state index contributed by atoms with van der Waals surface area (Å²) in [5.41, 5.74) is -0.811. The number of fused-ring (bicyclic) bond motifs is 3. The number of thiazole rings is 1. The minimum absolute atomic E-state index is 0.0819. The van der Waals surface area contributed by atoms with Gasteiger partial charge in [0.2, 0.25) is 5.43 Å². The molecule has 0 aliphatic heterocycles. The molecule has 1 aromatic carbocycles. The van der Waals surface area contributed by atoms with Gasteiger partial charge < -0.3 is 13.9 Å². The van der Waals surface area contributed by atoms with Crippen LogP contribution in [-0.4, -0.2) is 29.6 Å². The molecule has 0 amide bonds. The first-order valence-electron chi connectivity index (χ1n) is 8.15.